The van der Waals surface area contributed by atoms with Crippen LogP contribution in [0, 0.1) is 5.92 Å². The van der Waals surface area contributed by atoms with Gasteiger partial charge in [0.1, 0.15) is 5.76 Å². The van der Waals surface area contributed by atoms with E-state index < -0.39 is 10.0 Å². The predicted octanol–water partition coefficient (Wildman–Crippen LogP) is 3.77. The maximum atomic E-state index is 12.6. The van der Waals surface area contributed by atoms with Crippen molar-refractivity contribution < 1.29 is 12.8 Å². The molecule has 5 nitrogen and oxygen atoms in total. The third kappa shape index (κ3) is 5.43. The molecule has 0 bridgehead atoms. The van der Waals surface area contributed by atoms with Crippen molar-refractivity contribution in [2.45, 2.75) is 50.5 Å². The average molecular weight is 391 g/mol. The lowest BCUT2D eigenvalue weighted by atomic mass is 9.87. The number of hydrogen-bond acceptors (Lipinski definition) is 4. The largest absolute Gasteiger partial charge is 0.468 e. The van der Waals surface area contributed by atoms with Crippen molar-refractivity contribution in [2.24, 2.45) is 5.92 Å². The van der Waals surface area contributed by atoms with Gasteiger partial charge in [0, 0.05) is 6.54 Å². The van der Waals surface area contributed by atoms with Gasteiger partial charge in [0.25, 0.3) is 0 Å². The second-order valence-corrected chi connectivity index (χ2v) is 10.2. The molecule has 1 aliphatic rings. The number of sulfonamides is 1. The molecule has 27 heavy (non-hydrogen) atoms. The number of rotatable bonds is 6. The highest BCUT2D eigenvalue weighted by atomic mass is 32.2. The molecule has 0 aliphatic carbocycles. The van der Waals surface area contributed by atoms with Crippen LogP contribution in [0.2, 0.25) is 0 Å². The van der Waals surface area contributed by atoms with Gasteiger partial charge in [0.15, 0.2) is 0 Å². The smallest absolute Gasteiger partial charge is 0.240 e. The van der Waals surface area contributed by atoms with Crippen LogP contribution in [0.25, 0.3) is 0 Å². The molecule has 0 spiro atoms. The van der Waals surface area contributed by atoms with Gasteiger partial charge in [-0.15, -0.1) is 0 Å². The lowest BCUT2D eigenvalue weighted by molar-refractivity contribution is 0.168. The maximum Gasteiger partial charge on any atom is 0.240 e. The zero-order valence-corrected chi connectivity index (χ0v) is 17.3. The first-order valence-electron chi connectivity index (χ1n) is 9.59. The van der Waals surface area contributed by atoms with Gasteiger partial charge in [-0.3, -0.25) is 4.90 Å². The van der Waals surface area contributed by atoms with Crippen molar-refractivity contribution in [2.75, 3.05) is 19.6 Å². The summed E-state index contributed by atoms with van der Waals surface area (Å²) in [6.45, 7) is 9.61. The summed E-state index contributed by atoms with van der Waals surface area (Å²) in [6.07, 6.45) is 3.68. The van der Waals surface area contributed by atoms with Gasteiger partial charge in [-0.2, -0.15) is 0 Å². The molecule has 0 saturated carbocycles. The van der Waals surface area contributed by atoms with Crippen molar-refractivity contribution in [3.05, 3.63) is 54.0 Å². The molecule has 148 valence electrons. The molecule has 0 unspecified atom stereocenters. The van der Waals surface area contributed by atoms with Crippen LogP contribution in [0.3, 0.4) is 0 Å². The zero-order valence-electron chi connectivity index (χ0n) is 16.4. The minimum absolute atomic E-state index is 0.0132. The van der Waals surface area contributed by atoms with E-state index >= 15 is 0 Å². The molecular weight excluding hydrogens is 360 g/mol. The number of hydrogen-bond donors (Lipinski definition) is 1. The molecule has 0 amide bonds. The van der Waals surface area contributed by atoms with Gasteiger partial charge >= 0.3 is 0 Å². The summed E-state index contributed by atoms with van der Waals surface area (Å²) >= 11 is 0. The fraction of sp³-hybridized carbons (Fsp3) is 0.524. The molecule has 1 fully saturated rings. The van der Waals surface area contributed by atoms with Crippen LogP contribution in [0.1, 0.15) is 44.9 Å². The number of nitrogens with zero attached hydrogens (tertiary/aromatic N) is 1. The molecule has 3 rings (SSSR count). The first-order valence-corrected chi connectivity index (χ1v) is 11.1. The lowest BCUT2D eigenvalue weighted by Gasteiger charge is -2.31. The van der Waals surface area contributed by atoms with E-state index in [4.69, 9.17) is 4.42 Å². The van der Waals surface area contributed by atoms with E-state index in [9.17, 15) is 8.42 Å². The molecule has 6 heteroatoms. The van der Waals surface area contributed by atoms with Crippen LogP contribution < -0.4 is 4.72 Å². The van der Waals surface area contributed by atoms with Crippen LogP contribution in [0.15, 0.2) is 52.0 Å². The minimum Gasteiger partial charge on any atom is -0.468 e. The molecule has 1 aromatic carbocycles. The van der Waals surface area contributed by atoms with Gasteiger partial charge in [-0.25, -0.2) is 13.1 Å². The van der Waals surface area contributed by atoms with Crippen molar-refractivity contribution in [1.29, 1.82) is 0 Å². The summed E-state index contributed by atoms with van der Waals surface area (Å²) in [5, 5.41) is 0. The Morgan fingerprint density at radius 1 is 1.11 bits per heavy atom. The minimum atomic E-state index is -3.46. The van der Waals surface area contributed by atoms with E-state index in [0.29, 0.717) is 17.4 Å². The Hall–Kier alpha value is -1.63. The van der Waals surface area contributed by atoms with Crippen molar-refractivity contribution in [1.82, 2.24) is 9.62 Å². The Morgan fingerprint density at radius 3 is 2.33 bits per heavy atom. The monoisotopic (exact) mass is 390 g/mol. The van der Waals surface area contributed by atoms with E-state index in [1.165, 1.54) is 0 Å². The number of likely N-dealkylation sites (tertiary alicyclic amines) is 1. The standard InChI is InChI=1S/C21H30N2O3S/c1-21(2,3)18-6-8-20(9-7-18)27(24,25)22-15-17-10-12-23(13-11-17)16-19-5-4-14-26-19/h4-9,14,17,22H,10-13,15-16H2,1-3H3. The Morgan fingerprint density at radius 2 is 1.78 bits per heavy atom. The van der Waals surface area contributed by atoms with Gasteiger partial charge in [0.2, 0.25) is 10.0 Å². The summed E-state index contributed by atoms with van der Waals surface area (Å²) in [7, 11) is -3.46. The number of nitrogens with one attached hydrogen (secondary N) is 1. The second-order valence-electron chi connectivity index (χ2n) is 8.43. The predicted molar refractivity (Wildman–Crippen MR) is 107 cm³/mol. The highest BCUT2D eigenvalue weighted by Crippen LogP contribution is 2.24. The summed E-state index contributed by atoms with van der Waals surface area (Å²) in [6, 6.07) is 11.1. The van der Waals surface area contributed by atoms with Crippen molar-refractivity contribution in [3.8, 4) is 0 Å². The highest BCUT2D eigenvalue weighted by Gasteiger charge is 2.23. The topological polar surface area (TPSA) is 62.6 Å². The van der Waals surface area contributed by atoms with Gasteiger partial charge in [0.05, 0.1) is 17.7 Å². The summed E-state index contributed by atoms with van der Waals surface area (Å²) in [5.41, 5.74) is 1.14. The van der Waals surface area contributed by atoms with Gasteiger partial charge < -0.3 is 4.42 Å². The van der Waals surface area contributed by atoms with Crippen LogP contribution in [-0.4, -0.2) is 33.0 Å². The summed E-state index contributed by atoms with van der Waals surface area (Å²) < 4.78 is 33.4. The highest BCUT2D eigenvalue weighted by molar-refractivity contribution is 7.89. The van der Waals surface area contributed by atoms with E-state index in [0.717, 1.165) is 43.8 Å². The number of furan rings is 1. The molecule has 1 aromatic heterocycles. The molecule has 0 atom stereocenters. The maximum absolute atomic E-state index is 12.6. The van der Waals surface area contributed by atoms with Crippen LogP contribution in [-0.2, 0) is 22.0 Å². The summed E-state index contributed by atoms with van der Waals surface area (Å²) in [4.78, 5) is 2.69. The molecule has 1 aliphatic heterocycles. The zero-order chi connectivity index (χ0) is 19.5. The van der Waals surface area contributed by atoms with Crippen LogP contribution in [0.4, 0.5) is 0 Å². The molecule has 2 heterocycles. The first-order chi connectivity index (χ1) is 12.7. The molecule has 2 aromatic rings. The van der Waals surface area contributed by atoms with E-state index in [-0.39, 0.29) is 5.41 Å². The van der Waals surface area contributed by atoms with Gasteiger partial charge in [-0.1, -0.05) is 32.9 Å². The Labute approximate surface area is 162 Å². The van der Waals surface area contributed by atoms with Crippen LogP contribution in [0.5, 0.6) is 0 Å². The van der Waals surface area contributed by atoms with Gasteiger partial charge in [-0.05, 0) is 67.1 Å². The molecular formula is C21H30N2O3S. The van der Waals surface area contributed by atoms with E-state index in [1.807, 2.05) is 24.3 Å². The molecule has 1 N–H and O–H groups in total. The third-order valence-corrected chi connectivity index (χ3v) is 6.70. The fourth-order valence-electron chi connectivity index (χ4n) is 3.42. The molecule has 1 saturated heterocycles. The average Bonchev–Trinajstić information content (AvgIpc) is 3.14. The summed E-state index contributed by atoms with van der Waals surface area (Å²) in [5.74, 6) is 1.36. The Bertz CT molecular complexity index is 813. The van der Waals surface area contributed by atoms with E-state index in [1.54, 1.807) is 18.4 Å². The Balaban J connectivity index is 1.49. The Kier molecular flexibility index (Phi) is 6.08. The second kappa shape index (κ2) is 8.17. The third-order valence-electron chi connectivity index (χ3n) is 5.26. The molecule has 0 radical (unpaired) electrons. The lowest BCUT2D eigenvalue weighted by Crippen LogP contribution is -2.38. The van der Waals surface area contributed by atoms with Crippen molar-refractivity contribution >= 4 is 10.0 Å². The fourth-order valence-corrected chi connectivity index (χ4v) is 4.53. The quantitative estimate of drug-likeness (QED) is 0.816. The number of benzene rings is 1. The van der Waals surface area contributed by atoms with Crippen molar-refractivity contribution in [3.63, 3.8) is 0 Å². The number of piperidine rings is 1. The SMILES string of the molecule is CC(C)(C)c1ccc(S(=O)(=O)NCC2CCN(Cc3ccco3)CC2)cc1. The van der Waals surface area contributed by atoms with E-state index in [2.05, 4.69) is 30.4 Å². The van der Waals surface area contributed by atoms with Crippen LogP contribution >= 0.6 is 0 Å². The normalized spacial score (nSPS) is 17.3. The first kappa shape index (κ1) is 20.1.